The first-order chi connectivity index (χ1) is 8.25. The normalized spacial score (nSPS) is 19.0. The summed E-state index contributed by atoms with van der Waals surface area (Å²) in [6.45, 7) is 0.746. The van der Waals surface area contributed by atoms with Gasteiger partial charge in [-0.05, 0) is 47.2 Å². The highest BCUT2D eigenvalue weighted by Crippen LogP contribution is 2.17. The third-order valence-corrected chi connectivity index (χ3v) is 3.33. The van der Waals surface area contributed by atoms with Gasteiger partial charge in [0, 0.05) is 23.4 Å². The molecule has 1 aromatic heterocycles. The van der Waals surface area contributed by atoms with Gasteiger partial charge in [-0.1, -0.05) is 12.2 Å². The number of hydrogen-bond acceptors (Lipinski definition) is 2. The number of aromatic nitrogens is 1. The van der Waals surface area contributed by atoms with E-state index in [1.165, 1.54) is 0 Å². The van der Waals surface area contributed by atoms with E-state index in [2.05, 4.69) is 38.4 Å². The molecule has 1 aliphatic rings. The molecule has 0 saturated carbocycles. The predicted octanol–water partition coefficient (Wildman–Crippen LogP) is 2.93. The van der Waals surface area contributed by atoms with Gasteiger partial charge < -0.3 is 5.32 Å². The summed E-state index contributed by atoms with van der Waals surface area (Å²) < 4.78 is 0.825. The van der Waals surface area contributed by atoms with Crippen LogP contribution in [0, 0.1) is 5.92 Å². The summed E-state index contributed by atoms with van der Waals surface area (Å²) in [6.07, 6.45) is 11.0. The van der Waals surface area contributed by atoms with Crippen LogP contribution in [0.4, 0.5) is 0 Å². The van der Waals surface area contributed by atoms with Crippen LogP contribution >= 0.6 is 15.9 Å². The van der Waals surface area contributed by atoms with E-state index in [9.17, 15) is 4.79 Å². The minimum absolute atomic E-state index is 0.0478. The fourth-order valence-electron chi connectivity index (χ4n) is 1.92. The summed E-state index contributed by atoms with van der Waals surface area (Å²) in [4.78, 5) is 15.8. The second-order valence-electron chi connectivity index (χ2n) is 4.25. The van der Waals surface area contributed by atoms with Crippen molar-refractivity contribution < 1.29 is 4.79 Å². The van der Waals surface area contributed by atoms with Gasteiger partial charge in [0.1, 0.15) is 0 Å². The van der Waals surface area contributed by atoms with Crippen LogP contribution in [0.5, 0.6) is 0 Å². The van der Waals surface area contributed by atoms with E-state index >= 15 is 0 Å². The molecule has 0 bridgehead atoms. The van der Waals surface area contributed by atoms with Crippen molar-refractivity contribution >= 4 is 21.8 Å². The Morgan fingerprint density at radius 3 is 3.06 bits per heavy atom. The van der Waals surface area contributed by atoms with Crippen LogP contribution in [0.25, 0.3) is 0 Å². The minimum atomic E-state index is -0.0478. The van der Waals surface area contributed by atoms with E-state index in [0.29, 0.717) is 11.5 Å². The van der Waals surface area contributed by atoms with Crippen LogP contribution in [0.3, 0.4) is 0 Å². The molecule has 1 unspecified atom stereocenters. The smallest absolute Gasteiger partial charge is 0.252 e. The van der Waals surface area contributed by atoms with Crippen molar-refractivity contribution in [3.8, 4) is 0 Å². The number of carbonyl (C=O) groups excluding carboxylic acids is 1. The highest BCUT2D eigenvalue weighted by atomic mass is 79.9. The molecule has 3 nitrogen and oxygen atoms in total. The van der Waals surface area contributed by atoms with Crippen molar-refractivity contribution in [3.63, 3.8) is 0 Å². The predicted molar refractivity (Wildman–Crippen MR) is 70.8 cm³/mol. The van der Waals surface area contributed by atoms with Crippen LogP contribution < -0.4 is 5.32 Å². The first-order valence-electron chi connectivity index (χ1n) is 5.79. The molecule has 0 aliphatic heterocycles. The Morgan fingerprint density at radius 1 is 1.47 bits per heavy atom. The minimum Gasteiger partial charge on any atom is -0.352 e. The van der Waals surface area contributed by atoms with E-state index in [-0.39, 0.29) is 5.91 Å². The third kappa shape index (κ3) is 3.66. The molecular formula is C13H15BrN2O. The number of nitrogens with zero attached hydrogens (tertiary/aromatic N) is 1. The summed E-state index contributed by atoms with van der Waals surface area (Å²) in [7, 11) is 0. The van der Waals surface area contributed by atoms with Crippen LogP contribution in [-0.2, 0) is 0 Å². The molecule has 1 atom stereocenters. The van der Waals surface area contributed by atoms with E-state index < -0.39 is 0 Å². The Morgan fingerprint density at radius 2 is 2.35 bits per heavy atom. The lowest BCUT2D eigenvalue weighted by Gasteiger charge is -2.18. The zero-order chi connectivity index (χ0) is 12.1. The van der Waals surface area contributed by atoms with Gasteiger partial charge in [0.25, 0.3) is 5.91 Å². The first-order valence-corrected chi connectivity index (χ1v) is 6.59. The van der Waals surface area contributed by atoms with Crippen LogP contribution in [0.15, 0.2) is 35.1 Å². The van der Waals surface area contributed by atoms with Crippen molar-refractivity contribution in [2.45, 2.75) is 19.3 Å². The average molecular weight is 295 g/mol. The van der Waals surface area contributed by atoms with Crippen molar-refractivity contribution in [1.82, 2.24) is 10.3 Å². The molecule has 1 amide bonds. The number of hydrogen-bond donors (Lipinski definition) is 1. The lowest BCUT2D eigenvalue weighted by molar-refractivity contribution is 0.0946. The third-order valence-electron chi connectivity index (χ3n) is 2.90. The molecule has 2 rings (SSSR count). The monoisotopic (exact) mass is 294 g/mol. The molecular weight excluding hydrogens is 280 g/mol. The van der Waals surface area contributed by atoms with Gasteiger partial charge in [0.2, 0.25) is 0 Å². The van der Waals surface area contributed by atoms with Gasteiger partial charge in [-0.2, -0.15) is 0 Å². The molecule has 17 heavy (non-hydrogen) atoms. The van der Waals surface area contributed by atoms with Gasteiger partial charge >= 0.3 is 0 Å². The second-order valence-corrected chi connectivity index (χ2v) is 5.17. The van der Waals surface area contributed by atoms with Gasteiger partial charge in [-0.25, -0.2) is 0 Å². The quantitative estimate of drug-likeness (QED) is 0.871. The van der Waals surface area contributed by atoms with E-state index in [1.54, 1.807) is 18.5 Å². The molecule has 4 heteroatoms. The van der Waals surface area contributed by atoms with E-state index in [4.69, 9.17) is 0 Å². The fourth-order valence-corrected chi connectivity index (χ4v) is 2.28. The van der Waals surface area contributed by atoms with Crippen LogP contribution in [0.1, 0.15) is 29.6 Å². The van der Waals surface area contributed by atoms with Gasteiger partial charge in [-0.15, -0.1) is 0 Å². The first kappa shape index (κ1) is 12.3. The topological polar surface area (TPSA) is 42.0 Å². The molecule has 1 heterocycles. The van der Waals surface area contributed by atoms with Gasteiger partial charge in [0.15, 0.2) is 0 Å². The number of nitrogens with one attached hydrogen (secondary N) is 1. The standard InChI is InChI=1S/C13H15BrN2O/c14-12-6-11(8-15-9-12)13(17)16-7-10-4-2-1-3-5-10/h1-2,6,8-10H,3-5,7H2,(H,16,17). The zero-order valence-electron chi connectivity index (χ0n) is 9.53. The molecule has 0 spiro atoms. The molecule has 0 radical (unpaired) electrons. The summed E-state index contributed by atoms with van der Waals surface area (Å²) >= 11 is 3.31. The van der Waals surface area contributed by atoms with E-state index in [0.717, 1.165) is 30.3 Å². The lowest BCUT2D eigenvalue weighted by Crippen LogP contribution is -2.29. The van der Waals surface area contributed by atoms with Crippen molar-refractivity contribution in [2.75, 3.05) is 6.54 Å². The summed E-state index contributed by atoms with van der Waals surface area (Å²) in [5, 5.41) is 2.96. The van der Waals surface area contributed by atoms with Crippen LogP contribution in [-0.4, -0.2) is 17.4 Å². The highest BCUT2D eigenvalue weighted by molar-refractivity contribution is 9.10. The molecule has 1 aliphatic carbocycles. The lowest BCUT2D eigenvalue weighted by atomic mass is 9.94. The molecule has 0 saturated heterocycles. The van der Waals surface area contributed by atoms with Gasteiger partial charge in [-0.3, -0.25) is 9.78 Å². The number of pyridine rings is 1. The Balaban J connectivity index is 1.87. The summed E-state index contributed by atoms with van der Waals surface area (Å²) in [5.41, 5.74) is 0.603. The molecule has 1 aromatic rings. The molecule has 1 N–H and O–H groups in total. The van der Waals surface area contributed by atoms with Crippen molar-refractivity contribution in [2.24, 2.45) is 5.92 Å². The SMILES string of the molecule is O=C(NCC1CC=CCC1)c1cncc(Br)c1. The maximum absolute atomic E-state index is 11.8. The number of amides is 1. The fraction of sp³-hybridized carbons (Fsp3) is 0.385. The van der Waals surface area contributed by atoms with Gasteiger partial charge in [0.05, 0.1) is 5.56 Å². The second kappa shape index (κ2) is 5.96. The number of halogens is 1. The molecule has 0 fully saturated rings. The Bertz CT molecular complexity index is 431. The van der Waals surface area contributed by atoms with Crippen molar-refractivity contribution in [3.05, 3.63) is 40.6 Å². The summed E-state index contributed by atoms with van der Waals surface area (Å²) in [6, 6.07) is 1.78. The largest absolute Gasteiger partial charge is 0.352 e. The Hall–Kier alpha value is -1.16. The number of allylic oxidation sites excluding steroid dienone is 2. The maximum atomic E-state index is 11.8. The zero-order valence-corrected chi connectivity index (χ0v) is 11.1. The molecule has 0 aromatic carbocycles. The summed E-state index contributed by atoms with van der Waals surface area (Å²) in [5.74, 6) is 0.525. The molecule has 90 valence electrons. The van der Waals surface area contributed by atoms with Crippen molar-refractivity contribution in [1.29, 1.82) is 0 Å². The Kier molecular flexibility index (Phi) is 4.31. The Labute approximate surface area is 109 Å². The number of carbonyl (C=O) groups is 1. The van der Waals surface area contributed by atoms with E-state index in [1.807, 2.05) is 0 Å². The van der Waals surface area contributed by atoms with Crippen LogP contribution in [0.2, 0.25) is 0 Å². The number of rotatable bonds is 3. The average Bonchev–Trinajstić information content (AvgIpc) is 2.37. The highest BCUT2D eigenvalue weighted by Gasteiger charge is 2.12. The maximum Gasteiger partial charge on any atom is 0.252 e.